The molecule has 4 nitrogen and oxygen atoms in total. The van der Waals surface area contributed by atoms with Gasteiger partial charge in [0.1, 0.15) is 0 Å². The molecule has 0 unspecified atom stereocenters. The molecule has 0 saturated heterocycles. The van der Waals surface area contributed by atoms with Crippen LogP contribution in [-0.4, -0.2) is 19.8 Å². The number of aromatic nitrogens is 1. The van der Waals surface area contributed by atoms with Gasteiger partial charge in [0.15, 0.2) is 0 Å². The number of rotatable bonds is 1. The highest BCUT2D eigenvalue weighted by Gasteiger charge is 2.09. The van der Waals surface area contributed by atoms with Crippen LogP contribution in [0.25, 0.3) is 0 Å². The van der Waals surface area contributed by atoms with E-state index in [1.54, 1.807) is 0 Å². The Labute approximate surface area is 52.4 Å². The van der Waals surface area contributed by atoms with Gasteiger partial charge in [-0.05, 0) is 0 Å². The first kappa shape index (κ1) is 6.28. The summed E-state index contributed by atoms with van der Waals surface area (Å²) in [7, 11) is -3.19. The average Bonchev–Trinajstić information content (AvgIpc) is 2.08. The monoisotopic (exact) mass is 147 g/mol. The maximum absolute atomic E-state index is 10.6. The van der Waals surface area contributed by atoms with Gasteiger partial charge < -0.3 is 4.52 Å². The van der Waals surface area contributed by atoms with Crippen LogP contribution in [0.15, 0.2) is 21.9 Å². The number of sulfone groups is 1. The van der Waals surface area contributed by atoms with Gasteiger partial charge >= 0.3 is 0 Å². The minimum Gasteiger partial charge on any atom is -0.345 e. The predicted octanol–water partition coefficient (Wildman–Crippen LogP) is 0.0781. The Bertz CT molecular complexity index is 273. The summed E-state index contributed by atoms with van der Waals surface area (Å²) in [6.45, 7) is 0. The third-order valence-electron chi connectivity index (χ3n) is 0.780. The first-order chi connectivity index (χ1) is 4.11. The third kappa shape index (κ3) is 1.29. The average molecular weight is 147 g/mol. The molecule has 1 heterocycles. The van der Waals surface area contributed by atoms with Crippen molar-refractivity contribution in [2.24, 2.45) is 0 Å². The minimum atomic E-state index is -3.19. The van der Waals surface area contributed by atoms with Crippen molar-refractivity contribution < 1.29 is 12.9 Å². The summed E-state index contributed by atoms with van der Waals surface area (Å²) in [6.07, 6.45) is 2.35. The second-order valence-corrected chi connectivity index (χ2v) is 3.55. The van der Waals surface area contributed by atoms with Crippen LogP contribution in [0.5, 0.6) is 0 Å². The van der Waals surface area contributed by atoms with Crippen molar-refractivity contribution in [1.82, 2.24) is 5.16 Å². The molecule has 1 rings (SSSR count). The molecule has 0 amide bonds. The van der Waals surface area contributed by atoms with Crippen molar-refractivity contribution in [3.05, 3.63) is 12.3 Å². The SMILES string of the molecule is CS(=O)(=O)c1ccno1. The molecular formula is C4H5NO3S. The fraction of sp³-hybridized carbons (Fsp3) is 0.250. The van der Waals surface area contributed by atoms with E-state index in [2.05, 4.69) is 9.68 Å². The molecule has 0 aliphatic carbocycles. The van der Waals surface area contributed by atoms with Crippen LogP contribution in [0.1, 0.15) is 0 Å². The van der Waals surface area contributed by atoms with E-state index in [9.17, 15) is 8.42 Å². The molecule has 0 aliphatic heterocycles. The summed E-state index contributed by atoms with van der Waals surface area (Å²) in [5, 5.41) is 3.14. The second kappa shape index (κ2) is 1.84. The van der Waals surface area contributed by atoms with Crippen molar-refractivity contribution in [3.8, 4) is 0 Å². The first-order valence-corrected chi connectivity index (χ1v) is 4.10. The second-order valence-electron chi connectivity index (χ2n) is 1.60. The Morgan fingerprint density at radius 2 is 2.33 bits per heavy atom. The summed E-state index contributed by atoms with van der Waals surface area (Å²) in [6, 6.07) is 1.30. The molecule has 5 heteroatoms. The molecule has 0 spiro atoms. The lowest BCUT2D eigenvalue weighted by Gasteiger charge is -1.83. The van der Waals surface area contributed by atoms with Gasteiger partial charge in [0, 0.05) is 12.3 Å². The zero-order chi connectivity index (χ0) is 6.91. The van der Waals surface area contributed by atoms with E-state index in [1.165, 1.54) is 12.3 Å². The van der Waals surface area contributed by atoms with Gasteiger partial charge in [0.25, 0.3) is 0 Å². The smallest absolute Gasteiger partial charge is 0.250 e. The van der Waals surface area contributed by atoms with E-state index >= 15 is 0 Å². The summed E-state index contributed by atoms with van der Waals surface area (Å²) in [5.74, 6) is 0. The van der Waals surface area contributed by atoms with E-state index in [4.69, 9.17) is 0 Å². The molecule has 50 valence electrons. The summed E-state index contributed by atoms with van der Waals surface area (Å²) < 4.78 is 25.5. The zero-order valence-electron chi connectivity index (χ0n) is 4.73. The Balaban J connectivity index is 3.20. The lowest BCUT2D eigenvalue weighted by molar-refractivity contribution is 0.340. The van der Waals surface area contributed by atoms with Crippen LogP contribution in [0.2, 0.25) is 0 Å². The Morgan fingerprint density at radius 1 is 1.67 bits per heavy atom. The fourth-order valence-corrected chi connectivity index (χ4v) is 0.882. The lowest BCUT2D eigenvalue weighted by Crippen LogP contribution is -1.93. The molecule has 0 radical (unpaired) electrons. The highest BCUT2D eigenvalue weighted by Crippen LogP contribution is 2.04. The highest BCUT2D eigenvalue weighted by molar-refractivity contribution is 7.90. The topological polar surface area (TPSA) is 60.2 Å². The fourth-order valence-electron chi connectivity index (χ4n) is 0.395. The standard InChI is InChI=1S/C4H5NO3S/c1-9(6,7)4-2-3-5-8-4/h2-3H,1H3. The van der Waals surface area contributed by atoms with E-state index in [0.29, 0.717) is 0 Å². The molecule has 0 aromatic carbocycles. The van der Waals surface area contributed by atoms with Gasteiger partial charge in [-0.25, -0.2) is 8.42 Å². The molecule has 0 saturated carbocycles. The van der Waals surface area contributed by atoms with Gasteiger partial charge in [-0.1, -0.05) is 5.16 Å². The van der Waals surface area contributed by atoms with Crippen molar-refractivity contribution in [2.75, 3.05) is 6.26 Å². The van der Waals surface area contributed by atoms with Crippen molar-refractivity contribution in [1.29, 1.82) is 0 Å². The van der Waals surface area contributed by atoms with Gasteiger partial charge in [-0.2, -0.15) is 0 Å². The van der Waals surface area contributed by atoms with Crippen molar-refractivity contribution in [3.63, 3.8) is 0 Å². The maximum Gasteiger partial charge on any atom is 0.250 e. The van der Waals surface area contributed by atoms with Crippen molar-refractivity contribution >= 4 is 9.84 Å². The minimum absolute atomic E-state index is 0.0949. The molecular weight excluding hydrogens is 142 g/mol. The first-order valence-electron chi connectivity index (χ1n) is 2.21. The quantitative estimate of drug-likeness (QED) is 0.564. The summed E-state index contributed by atoms with van der Waals surface area (Å²) in [4.78, 5) is 0. The van der Waals surface area contributed by atoms with Crippen LogP contribution in [-0.2, 0) is 9.84 Å². The normalized spacial score (nSPS) is 11.7. The maximum atomic E-state index is 10.6. The molecule has 0 fully saturated rings. The van der Waals surface area contributed by atoms with E-state index in [1.807, 2.05) is 0 Å². The van der Waals surface area contributed by atoms with Gasteiger partial charge in [-0.15, -0.1) is 0 Å². The van der Waals surface area contributed by atoms with Gasteiger partial charge in [0.05, 0.1) is 6.20 Å². The van der Waals surface area contributed by atoms with Crippen LogP contribution < -0.4 is 0 Å². The van der Waals surface area contributed by atoms with Crippen LogP contribution in [0.4, 0.5) is 0 Å². The molecule has 1 aromatic heterocycles. The molecule has 1 aromatic rings. The molecule has 9 heavy (non-hydrogen) atoms. The molecule has 0 aliphatic rings. The Morgan fingerprint density at radius 3 is 2.56 bits per heavy atom. The van der Waals surface area contributed by atoms with Crippen LogP contribution in [0, 0.1) is 0 Å². The predicted molar refractivity (Wildman–Crippen MR) is 29.6 cm³/mol. The highest BCUT2D eigenvalue weighted by atomic mass is 32.2. The van der Waals surface area contributed by atoms with E-state index < -0.39 is 9.84 Å². The van der Waals surface area contributed by atoms with E-state index in [-0.39, 0.29) is 5.09 Å². The van der Waals surface area contributed by atoms with Gasteiger partial charge in [-0.3, -0.25) is 0 Å². The van der Waals surface area contributed by atoms with Crippen LogP contribution >= 0.6 is 0 Å². The molecule has 0 N–H and O–H groups in total. The summed E-state index contributed by atoms with van der Waals surface area (Å²) in [5.41, 5.74) is 0. The van der Waals surface area contributed by atoms with Crippen molar-refractivity contribution in [2.45, 2.75) is 5.09 Å². The van der Waals surface area contributed by atoms with Gasteiger partial charge in [0.2, 0.25) is 14.9 Å². The molecule has 0 atom stereocenters. The number of hydrogen-bond acceptors (Lipinski definition) is 4. The summed E-state index contributed by atoms with van der Waals surface area (Å²) >= 11 is 0. The van der Waals surface area contributed by atoms with Crippen LogP contribution in [0.3, 0.4) is 0 Å². The van der Waals surface area contributed by atoms with E-state index in [0.717, 1.165) is 6.26 Å². The Kier molecular flexibility index (Phi) is 1.28. The molecule has 0 bridgehead atoms. The number of nitrogens with zero attached hydrogens (tertiary/aromatic N) is 1. The zero-order valence-corrected chi connectivity index (χ0v) is 5.55. The third-order valence-corrected chi connectivity index (χ3v) is 1.72. The number of hydrogen-bond donors (Lipinski definition) is 0. The largest absolute Gasteiger partial charge is 0.345 e. The lowest BCUT2D eigenvalue weighted by atomic mass is 10.8. The Hall–Kier alpha value is -0.840.